The Morgan fingerprint density at radius 1 is 1.14 bits per heavy atom. The molecule has 12 heteroatoms. The van der Waals surface area contributed by atoms with Gasteiger partial charge in [-0.3, -0.25) is 15.0 Å². The van der Waals surface area contributed by atoms with Crippen LogP contribution in [-0.4, -0.2) is 78.0 Å². The van der Waals surface area contributed by atoms with E-state index in [1.807, 2.05) is 0 Å². The zero-order valence-electron chi connectivity index (χ0n) is 16.5. The van der Waals surface area contributed by atoms with E-state index < -0.39 is 25.9 Å². The minimum Gasteiger partial charge on any atom is -0.493 e. The summed E-state index contributed by atoms with van der Waals surface area (Å²) in [6.45, 7) is -0.428. The molecule has 0 radical (unpaired) electrons. The monoisotopic (exact) mass is 418 g/mol. The molecule has 1 rings (SSSR count). The van der Waals surface area contributed by atoms with Crippen molar-refractivity contribution in [3.05, 3.63) is 33.9 Å². The van der Waals surface area contributed by atoms with E-state index in [1.54, 1.807) is 18.2 Å². The van der Waals surface area contributed by atoms with Crippen LogP contribution in [0.5, 0.6) is 11.5 Å². The third kappa shape index (κ3) is 6.05. The van der Waals surface area contributed by atoms with Crippen LogP contribution in [0.4, 0.5) is 4.79 Å². The number of hydrogen-bond acceptors (Lipinski definition) is 8. The Labute approximate surface area is 164 Å². The molecular formula is C16H26N2O9Si. The van der Waals surface area contributed by atoms with Crippen LogP contribution in [0.3, 0.4) is 0 Å². The maximum atomic E-state index is 11.7. The Kier molecular flexibility index (Phi) is 9.11. The van der Waals surface area contributed by atoms with Crippen molar-refractivity contribution < 1.29 is 37.6 Å². The zero-order chi connectivity index (χ0) is 21.3. The summed E-state index contributed by atoms with van der Waals surface area (Å²) >= 11 is 0. The molecule has 0 aliphatic heterocycles. The lowest BCUT2D eigenvalue weighted by atomic mass is 10.2. The normalized spacial score (nSPS) is 12.3. The van der Waals surface area contributed by atoms with E-state index in [9.17, 15) is 20.0 Å². The number of carboxylic acid groups (broad SMARTS) is 1. The maximum absolute atomic E-state index is 11.7. The molecule has 0 saturated heterocycles. The van der Waals surface area contributed by atoms with Crippen LogP contribution in [0.1, 0.15) is 5.56 Å². The number of methoxy groups -OCH3 is 2. The van der Waals surface area contributed by atoms with E-state index >= 15 is 0 Å². The maximum Gasteiger partial charge on any atom is 0.507 e. The first kappa shape index (κ1) is 23.6. The highest BCUT2D eigenvalue weighted by molar-refractivity contribution is 6.60. The molecule has 158 valence electrons. The molecule has 0 fully saturated rings. The highest BCUT2D eigenvalue weighted by atomic mass is 28.4. The Balaban J connectivity index is 3.03. The van der Waals surface area contributed by atoms with Crippen molar-refractivity contribution in [2.75, 3.05) is 42.1 Å². The van der Waals surface area contributed by atoms with Gasteiger partial charge in [-0.25, -0.2) is 4.79 Å². The number of carbonyl (C=O) groups is 1. The molecule has 0 spiro atoms. The standard InChI is InChI=1S/C16H26N2O9Si/c1-23-14-7-6-12(8-15(14)24-2)9-17(16(19)20)10-13(18(21)22)11-28(25-3,26-4)27-5/h6-8,13H,9-11H2,1-5H3,(H,19,20). The average molecular weight is 418 g/mol. The first-order valence-electron chi connectivity index (χ1n) is 8.23. The highest BCUT2D eigenvalue weighted by Crippen LogP contribution is 2.28. The van der Waals surface area contributed by atoms with Crippen molar-refractivity contribution in [2.45, 2.75) is 18.6 Å². The topological polar surface area (TPSA) is 130 Å². The van der Waals surface area contributed by atoms with Crippen molar-refractivity contribution in [1.82, 2.24) is 4.90 Å². The second kappa shape index (κ2) is 10.8. The SMILES string of the molecule is COc1ccc(CN(CC(C[Si](OC)(OC)OC)[N+](=O)[O-])C(=O)O)cc1OC. The van der Waals surface area contributed by atoms with Crippen LogP contribution < -0.4 is 9.47 Å². The van der Waals surface area contributed by atoms with Crippen molar-refractivity contribution >= 4 is 14.9 Å². The van der Waals surface area contributed by atoms with Gasteiger partial charge in [0.05, 0.1) is 26.8 Å². The molecule has 0 aliphatic rings. The molecule has 1 N–H and O–H groups in total. The summed E-state index contributed by atoms with van der Waals surface area (Å²) in [7, 11) is 3.71. The number of ether oxygens (including phenoxy) is 2. The molecule has 1 aromatic rings. The van der Waals surface area contributed by atoms with Crippen molar-refractivity contribution in [2.24, 2.45) is 0 Å². The number of nitrogens with zero attached hydrogens (tertiary/aromatic N) is 2. The predicted molar refractivity (Wildman–Crippen MR) is 100 cm³/mol. The second-order valence-electron chi connectivity index (χ2n) is 5.79. The van der Waals surface area contributed by atoms with E-state index in [4.69, 9.17) is 22.8 Å². The highest BCUT2D eigenvalue weighted by Gasteiger charge is 2.45. The lowest BCUT2D eigenvalue weighted by Gasteiger charge is -2.27. The van der Waals surface area contributed by atoms with Gasteiger partial charge >= 0.3 is 14.9 Å². The number of hydrogen-bond donors (Lipinski definition) is 1. The molecule has 0 saturated carbocycles. The number of rotatable bonds is 12. The summed E-state index contributed by atoms with van der Waals surface area (Å²) in [5.41, 5.74) is 0.593. The summed E-state index contributed by atoms with van der Waals surface area (Å²) in [6.07, 6.45) is -1.29. The first-order valence-corrected chi connectivity index (χ1v) is 10.2. The van der Waals surface area contributed by atoms with Crippen molar-refractivity contribution in [1.29, 1.82) is 0 Å². The molecule has 1 aromatic carbocycles. The average Bonchev–Trinajstić information content (AvgIpc) is 2.70. The van der Waals surface area contributed by atoms with Crippen molar-refractivity contribution in [3.8, 4) is 11.5 Å². The van der Waals surface area contributed by atoms with Gasteiger partial charge in [0.1, 0.15) is 0 Å². The lowest BCUT2D eigenvalue weighted by Crippen LogP contribution is -2.50. The Morgan fingerprint density at radius 2 is 1.71 bits per heavy atom. The molecule has 1 unspecified atom stereocenters. The van der Waals surface area contributed by atoms with Gasteiger partial charge in [-0.05, 0) is 17.7 Å². The third-order valence-corrected chi connectivity index (χ3v) is 7.08. The van der Waals surface area contributed by atoms with Crippen LogP contribution in [0, 0.1) is 10.1 Å². The summed E-state index contributed by atoms with van der Waals surface area (Å²) in [6, 6.07) is 3.49. The summed E-state index contributed by atoms with van der Waals surface area (Å²) in [5.74, 6) is 0.924. The Morgan fingerprint density at radius 3 is 2.14 bits per heavy atom. The summed E-state index contributed by atoms with van der Waals surface area (Å²) in [4.78, 5) is 23.6. The molecule has 0 bridgehead atoms. The smallest absolute Gasteiger partial charge is 0.493 e. The Hall–Kier alpha value is -2.41. The van der Waals surface area contributed by atoms with Gasteiger partial charge in [0.2, 0.25) is 6.04 Å². The van der Waals surface area contributed by atoms with Gasteiger partial charge in [0.15, 0.2) is 11.5 Å². The van der Waals surface area contributed by atoms with Gasteiger partial charge in [0.25, 0.3) is 0 Å². The molecule has 11 nitrogen and oxygen atoms in total. The van der Waals surface area contributed by atoms with Crippen molar-refractivity contribution in [3.63, 3.8) is 0 Å². The van der Waals surface area contributed by atoms with E-state index in [2.05, 4.69) is 0 Å². The number of nitro groups is 1. The predicted octanol–water partition coefficient (Wildman–Crippen LogP) is 1.71. The minimum absolute atomic E-state index is 0.0679. The second-order valence-corrected chi connectivity index (χ2v) is 8.79. The fourth-order valence-corrected chi connectivity index (χ4v) is 4.51. The fraction of sp³-hybridized carbons (Fsp3) is 0.562. The molecule has 1 amide bonds. The molecule has 1 atom stereocenters. The van der Waals surface area contributed by atoms with Gasteiger partial charge in [0, 0.05) is 32.8 Å². The Bertz CT molecular complexity index is 661. The molecular weight excluding hydrogens is 392 g/mol. The lowest BCUT2D eigenvalue weighted by molar-refractivity contribution is -0.518. The molecule has 0 aliphatic carbocycles. The third-order valence-electron chi connectivity index (χ3n) is 4.24. The van der Waals surface area contributed by atoms with E-state index in [1.165, 1.54) is 35.5 Å². The fourth-order valence-electron chi connectivity index (χ4n) is 2.66. The molecule has 0 heterocycles. The zero-order valence-corrected chi connectivity index (χ0v) is 17.5. The largest absolute Gasteiger partial charge is 0.507 e. The summed E-state index contributed by atoms with van der Waals surface area (Å²) < 4.78 is 26.0. The van der Waals surface area contributed by atoms with Gasteiger partial charge < -0.3 is 27.9 Å². The first-order chi connectivity index (χ1) is 13.2. The molecule has 28 heavy (non-hydrogen) atoms. The van der Waals surface area contributed by atoms with E-state index in [-0.39, 0.29) is 19.1 Å². The molecule has 0 aromatic heterocycles. The number of amides is 1. The van der Waals surface area contributed by atoms with E-state index in [0.717, 1.165) is 4.90 Å². The van der Waals surface area contributed by atoms with Gasteiger partial charge in [-0.1, -0.05) is 6.07 Å². The van der Waals surface area contributed by atoms with Crippen LogP contribution in [0.2, 0.25) is 6.04 Å². The number of benzene rings is 1. The van der Waals surface area contributed by atoms with Crippen LogP contribution >= 0.6 is 0 Å². The van der Waals surface area contributed by atoms with Gasteiger partial charge in [-0.15, -0.1) is 0 Å². The van der Waals surface area contributed by atoms with Crippen LogP contribution in [0.15, 0.2) is 18.2 Å². The van der Waals surface area contributed by atoms with E-state index in [0.29, 0.717) is 17.1 Å². The minimum atomic E-state index is -3.26. The van der Waals surface area contributed by atoms with Crippen LogP contribution in [0.25, 0.3) is 0 Å². The quantitative estimate of drug-likeness (QED) is 0.306. The van der Waals surface area contributed by atoms with Crippen LogP contribution in [-0.2, 0) is 19.8 Å². The summed E-state index contributed by atoms with van der Waals surface area (Å²) in [5, 5.41) is 21.1. The van der Waals surface area contributed by atoms with Gasteiger partial charge in [-0.2, -0.15) is 0 Å².